The second-order valence-electron chi connectivity index (χ2n) is 6.34. The SMILES string of the molecule is COc1cccc(Cn2nc3c(=O)n(-c4cccc(Cl)c4C)ccn3c2=O)c1. The van der Waals surface area contributed by atoms with Gasteiger partial charge in [0.05, 0.1) is 19.3 Å². The van der Waals surface area contributed by atoms with E-state index < -0.39 is 5.56 Å². The molecule has 4 aromatic rings. The fourth-order valence-corrected chi connectivity index (χ4v) is 3.27. The second kappa shape index (κ2) is 7.01. The summed E-state index contributed by atoms with van der Waals surface area (Å²) in [6.07, 6.45) is 3.08. The number of fused-ring (bicyclic) bond motifs is 1. The zero-order valence-corrected chi connectivity index (χ0v) is 16.1. The summed E-state index contributed by atoms with van der Waals surface area (Å²) >= 11 is 6.18. The molecular formula is C20H17ClN4O3. The molecule has 0 aliphatic heterocycles. The van der Waals surface area contributed by atoms with Crippen molar-refractivity contribution >= 4 is 17.2 Å². The Hall–Kier alpha value is -3.32. The molecule has 2 heterocycles. The van der Waals surface area contributed by atoms with Gasteiger partial charge in [-0.25, -0.2) is 13.9 Å². The van der Waals surface area contributed by atoms with Gasteiger partial charge in [-0.3, -0.25) is 9.36 Å². The first kappa shape index (κ1) is 18.1. The highest BCUT2D eigenvalue weighted by Gasteiger charge is 2.14. The van der Waals surface area contributed by atoms with Crippen molar-refractivity contribution in [2.75, 3.05) is 7.11 Å². The molecule has 8 heteroatoms. The van der Waals surface area contributed by atoms with E-state index in [1.165, 1.54) is 19.8 Å². The van der Waals surface area contributed by atoms with Crippen LogP contribution in [0.15, 0.2) is 64.4 Å². The molecule has 142 valence electrons. The minimum Gasteiger partial charge on any atom is -0.497 e. The van der Waals surface area contributed by atoms with Crippen LogP contribution in [-0.2, 0) is 6.54 Å². The molecular weight excluding hydrogens is 380 g/mol. The molecule has 0 bridgehead atoms. The van der Waals surface area contributed by atoms with Gasteiger partial charge in [0.15, 0.2) is 0 Å². The van der Waals surface area contributed by atoms with E-state index in [0.29, 0.717) is 16.5 Å². The van der Waals surface area contributed by atoms with Gasteiger partial charge >= 0.3 is 11.2 Å². The first-order chi connectivity index (χ1) is 13.5. The normalized spacial score (nSPS) is 11.1. The summed E-state index contributed by atoms with van der Waals surface area (Å²) < 4.78 is 9.17. The predicted molar refractivity (Wildman–Crippen MR) is 107 cm³/mol. The number of halogens is 1. The van der Waals surface area contributed by atoms with Gasteiger partial charge in [-0.2, -0.15) is 0 Å². The highest BCUT2D eigenvalue weighted by molar-refractivity contribution is 6.31. The Morgan fingerprint density at radius 2 is 1.89 bits per heavy atom. The number of methoxy groups -OCH3 is 1. The third-order valence-electron chi connectivity index (χ3n) is 4.61. The first-order valence-electron chi connectivity index (χ1n) is 8.59. The average Bonchev–Trinajstić information content (AvgIpc) is 3.01. The summed E-state index contributed by atoms with van der Waals surface area (Å²) in [4.78, 5) is 25.6. The lowest BCUT2D eigenvalue weighted by molar-refractivity contribution is 0.414. The van der Waals surface area contributed by atoms with Crippen LogP contribution in [0.2, 0.25) is 5.02 Å². The molecule has 0 aliphatic rings. The van der Waals surface area contributed by atoms with Gasteiger partial charge in [0.2, 0.25) is 5.65 Å². The summed E-state index contributed by atoms with van der Waals surface area (Å²) in [5.74, 6) is 0.688. The summed E-state index contributed by atoms with van der Waals surface area (Å²) in [6, 6.07) is 12.7. The number of ether oxygens (including phenoxy) is 1. The smallest absolute Gasteiger partial charge is 0.350 e. The molecule has 0 radical (unpaired) electrons. The Balaban J connectivity index is 1.83. The minimum atomic E-state index is -0.394. The van der Waals surface area contributed by atoms with Gasteiger partial charge in [-0.05, 0) is 42.3 Å². The van der Waals surface area contributed by atoms with Crippen molar-refractivity contribution in [1.82, 2.24) is 18.7 Å². The molecule has 28 heavy (non-hydrogen) atoms. The Bertz CT molecular complexity index is 1300. The minimum absolute atomic E-state index is 0.0507. The van der Waals surface area contributed by atoms with E-state index >= 15 is 0 Å². The van der Waals surface area contributed by atoms with Crippen molar-refractivity contribution in [3.05, 3.63) is 91.8 Å². The van der Waals surface area contributed by atoms with E-state index in [1.54, 1.807) is 31.5 Å². The quantitative estimate of drug-likeness (QED) is 0.531. The molecule has 0 N–H and O–H groups in total. The van der Waals surface area contributed by atoms with Crippen LogP contribution in [0.1, 0.15) is 11.1 Å². The van der Waals surface area contributed by atoms with Crippen LogP contribution in [0.5, 0.6) is 5.75 Å². The Labute approximate surface area is 165 Å². The van der Waals surface area contributed by atoms with Gasteiger partial charge in [0, 0.05) is 17.4 Å². The van der Waals surface area contributed by atoms with Gasteiger partial charge in [-0.1, -0.05) is 29.8 Å². The molecule has 0 saturated heterocycles. The van der Waals surface area contributed by atoms with Crippen molar-refractivity contribution in [3.8, 4) is 11.4 Å². The lowest BCUT2D eigenvalue weighted by atomic mass is 10.2. The monoisotopic (exact) mass is 396 g/mol. The average molecular weight is 397 g/mol. The zero-order valence-electron chi connectivity index (χ0n) is 15.3. The number of hydrogen-bond acceptors (Lipinski definition) is 4. The molecule has 0 atom stereocenters. The van der Waals surface area contributed by atoms with Crippen molar-refractivity contribution in [1.29, 1.82) is 0 Å². The molecule has 0 saturated carbocycles. The zero-order chi connectivity index (χ0) is 19.8. The fourth-order valence-electron chi connectivity index (χ4n) is 3.10. The largest absolute Gasteiger partial charge is 0.497 e. The predicted octanol–water partition coefficient (Wildman–Crippen LogP) is 2.67. The van der Waals surface area contributed by atoms with Crippen molar-refractivity contribution < 1.29 is 4.74 Å². The Morgan fingerprint density at radius 3 is 2.68 bits per heavy atom. The van der Waals surface area contributed by atoms with E-state index in [0.717, 1.165) is 11.1 Å². The third-order valence-corrected chi connectivity index (χ3v) is 5.02. The molecule has 0 fully saturated rings. The summed E-state index contributed by atoms with van der Waals surface area (Å²) in [5, 5.41) is 4.82. The van der Waals surface area contributed by atoms with E-state index in [-0.39, 0.29) is 17.9 Å². The van der Waals surface area contributed by atoms with E-state index in [4.69, 9.17) is 16.3 Å². The van der Waals surface area contributed by atoms with E-state index in [9.17, 15) is 9.59 Å². The van der Waals surface area contributed by atoms with Crippen molar-refractivity contribution in [2.45, 2.75) is 13.5 Å². The van der Waals surface area contributed by atoms with E-state index in [1.807, 2.05) is 31.2 Å². The molecule has 0 spiro atoms. The van der Waals surface area contributed by atoms with Crippen LogP contribution in [0.25, 0.3) is 11.3 Å². The molecule has 0 aliphatic carbocycles. The van der Waals surface area contributed by atoms with Gasteiger partial charge in [-0.15, -0.1) is 5.10 Å². The Kier molecular flexibility index (Phi) is 4.52. The number of benzene rings is 2. The van der Waals surface area contributed by atoms with E-state index in [2.05, 4.69) is 5.10 Å². The van der Waals surface area contributed by atoms with Gasteiger partial charge in [0.25, 0.3) is 0 Å². The van der Waals surface area contributed by atoms with Crippen LogP contribution in [-0.4, -0.2) is 25.9 Å². The third kappa shape index (κ3) is 2.99. The molecule has 2 aromatic carbocycles. The summed E-state index contributed by atoms with van der Waals surface area (Å²) in [5.41, 5.74) is 1.54. The molecule has 0 unspecified atom stereocenters. The number of rotatable bonds is 4. The standard InChI is InChI=1S/C20H17ClN4O3/c1-13-16(21)7-4-8-17(13)23-9-10-24-18(19(23)26)22-25(20(24)27)12-14-5-3-6-15(11-14)28-2/h3-11H,12H2,1-2H3. The van der Waals surface area contributed by atoms with Crippen LogP contribution in [0, 0.1) is 6.92 Å². The number of hydrogen-bond donors (Lipinski definition) is 0. The first-order valence-corrected chi connectivity index (χ1v) is 8.96. The lowest BCUT2D eigenvalue weighted by Gasteiger charge is -2.09. The Morgan fingerprint density at radius 1 is 1.11 bits per heavy atom. The van der Waals surface area contributed by atoms with Gasteiger partial charge < -0.3 is 4.74 Å². The molecule has 4 rings (SSSR count). The number of aromatic nitrogens is 4. The van der Waals surface area contributed by atoms with Crippen LogP contribution in [0.3, 0.4) is 0 Å². The highest BCUT2D eigenvalue weighted by atomic mass is 35.5. The van der Waals surface area contributed by atoms with Crippen LogP contribution in [0.4, 0.5) is 0 Å². The molecule has 2 aromatic heterocycles. The summed E-state index contributed by atoms with van der Waals surface area (Å²) in [6.45, 7) is 2.06. The lowest BCUT2D eigenvalue weighted by Crippen LogP contribution is -2.24. The molecule has 7 nitrogen and oxygen atoms in total. The maximum absolute atomic E-state index is 13.0. The fraction of sp³-hybridized carbons (Fsp3) is 0.150. The summed E-state index contributed by atoms with van der Waals surface area (Å²) in [7, 11) is 1.58. The maximum Gasteiger partial charge on any atom is 0.350 e. The molecule has 0 amide bonds. The van der Waals surface area contributed by atoms with Crippen molar-refractivity contribution in [2.24, 2.45) is 0 Å². The topological polar surface area (TPSA) is 70.5 Å². The van der Waals surface area contributed by atoms with Crippen LogP contribution < -0.4 is 16.0 Å². The highest BCUT2D eigenvalue weighted by Crippen LogP contribution is 2.21. The van der Waals surface area contributed by atoms with Gasteiger partial charge in [0.1, 0.15) is 5.75 Å². The second-order valence-corrected chi connectivity index (χ2v) is 6.75. The maximum atomic E-state index is 13.0. The van der Waals surface area contributed by atoms with Crippen molar-refractivity contribution in [3.63, 3.8) is 0 Å². The van der Waals surface area contributed by atoms with Crippen LogP contribution >= 0.6 is 11.6 Å². The number of nitrogens with zero attached hydrogens (tertiary/aromatic N) is 4.